The second kappa shape index (κ2) is 9.00. The zero-order chi connectivity index (χ0) is 19.2. The molecular weight excluding hydrogens is 360 g/mol. The van der Waals surface area contributed by atoms with Crippen LogP contribution < -0.4 is 10.6 Å². The van der Waals surface area contributed by atoms with Crippen LogP contribution in [-0.4, -0.2) is 41.6 Å². The molecule has 1 aromatic carbocycles. The van der Waals surface area contributed by atoms with Crippen LogP contribution in [0.25, 0.3) is 0 Å². The number of rotatable bonds is 6. The van der Waals surface area contributed by atoms with E-state index in [-0.39, 0.29) is 6.54 Å². The largest absolute Gasteiger partial charge is 0.453 e. The number of anilines is 1. The van der Waals surface area contributed by atoms with Crippen molar-refractivity contribution in [3.05, 3.63) is 28.8 Å². The Morgan fingerprint density at radius 3 is 2.58 bits per heavy atom. The predicted octanol–water partition coefficient (Wildman–Crippen LogP) is 1.94. The lowest BCUT2D eigenvalue weighted by molar-refractivity contribution is -0.170. The molecule has 0 atom stereocenters. The number of esters is 1. The van der Waals surface area contributed by atoms with Crippen molar-refractivity contribution in [1.82, 2.24) is 5.32 Å². The van der Waals surface area contributed by atoms with E-state index in [1.54, 1.807) is 25.1 Å². The maximum absolute atomic E-state index is 11.9. The summed E-state index contributed by atoms with van der Waals surface area (Å²) in [5.74, 6) is -1.83. The summed E-state index contributed by atoms with van der Waals surface area (Å²) < 4.78 is 4.88. The fourth-order valence-electron chi connectivity index (χ4n) is 2.77. The topological polar surface area (TPSA) is 105 Å². The average molecular weight is 383 g/mol. The molecule has 0 unspecified atom stereocenters. The van der Waals surface area contributed by atoms with Crippen LogP contribution in [0.15, 0.2) is 18.2 Å². The molecule has 26 heavy (non-hydrogen) atoms. The molecule has 1 saturated carbocycles. The van der Waals surface area contributed by atoms with Crippen LogP contribution >= 0.6 is 11.6 Å². The Balaban J connectivity index is 1.73. The number of nitrogens with one attached hydrogen (secondary N) is 2. The van der Waals surface area contributed by atoms with Crippen molar-refractivity contribution in [3.63, 3.8) is 0 Å². The van der Waals surface area contributed by atoms with Crippen LogP contribution in [0.4, 0.5) is 5.69 Å². The number of ether oxygens (including phenoxy) is 1. The van der Waals surface area contributed by atoms with Crippen LogP contribution in [0.5, 0.6) is 0 Å². The van der Waals surface area contributed by atoms with Gasteiger partial charge in [0.2, 0.25) is 5.91 Å². The van der Waals surface area contributed by atoms with Crippen LogP contribution in [-0.2, 0) is 19.1 Å². The first kappa shape index (κ1) is 20.2. The summed E-state index contributed by atoms with van der Waals surface area (Å²) in [6, 6.07) is 5.12. The molecule has 0 aliphatic heterocycles. The Morgan fingerprint density at radius 1 is 1.19 bits per heavy atom. The highest BCUT2D eigenvalue weighted by atomic mass is 35.5. The maximum Gasteiger partial charge on any atom is 0.338 e. The van der Waals surface area contributed by atoms with E-state index in [0.717, 1.165) is 24.8 Å². The fourth-order valence-corrected chi connectivity index (χ4v) is 2.95. The Labute approximate surface area is 157 Å². The van der Waals surface area contributed by atoms with Gasteiger partial charge in [0.05, 0.1) is 6.54 Å². The van der Waals surface area contributed by atoms with E-state index < -0.39 is 30.0 Å². The van der Waals surface area contributed by atoms with Gasteiger partial charge in [-0.3, -0.25) is 9.59 Å². The van der Waals surface area contributed by atoms with Gasteiger partial charge in [0.15, 0.2) is 12.2 Å². The Hall–Kier alpha value is -2.12. The van der Waals surface area contributed by atoms with E-state index in [4.69, 9.17) is 16.3 Å². The lowest BCUT2D eigenvalue weighted by atomic mass is 9.85. The normalized spacial score (nSPS) is 15.8. The highest BCUT2D eigenvalue weighted by Gasteiger charge is 2.38. The third kappa shape index (κ3) is 5.44. The summed E-state index contributed by atoms with van der Waals surface area (Å²) in [5, 5.41) is 15.7. The Kier molecular flexibility index (Phi) is 6.99. The van der Waals surface area contributed by atoms with Gasteiger partial charge in [-0.25, -0.2) is 4.79 Å². The van der Waals surface area contributed by atoms with Gasteiger partial charge in [0.1, 0.15) is 0 Å². The van der Waals surface area contributed by atoms with Gasteiger partial charge in [-0.1, -0.05) is 24.1 Å². The summed E-state index contributed by atoms with van der Waals surface area (Å²) in [6.07, 6.45) is 3.16. The lowest BCUT2D eigenvalue weighted by Gasteiger charge is -2.29. The molecule has 3 N–H and O–H groups in total. The molecule has 0 radical (unpaired) electrons. The molecule has 2 rings (SSSR count). The van der Waals surface area contributed by atoms with Crippen molar-refractivity contribution in [2.24, 2.45) is 0 Å². The average Bonchev–Trinajstić information content (AvgIpc) is 2.62. The molecule has 0 aromatic heterocycles. The van der Waals surface area contributed by atoms with E-state index >= 15 is 0 Å². The number of benzene rings is 1. The molecule has 2 amide bonds. The zero-order valence-corrected chi connectivity index (χ0v) is 15.4. The summed E-state index contributed by atoms with van der Waals surface area (Å²) in [6.45, 7) is 0.961. The van der Waals surface area contributed by atoms with Gasteiger partial charge in [-0.2, -0.15) is 0 Å². The van der Waals surface area contributed by atoms with Crippen molar-refractivity contribution in [2.45, 2.75) is 44.6 Å². The summed E-state index contributed by atoms with van der Waals surface area (Å²) in [7, 11) is 0. The minimum atomic E-state index is -1.50. The Morgan fingerprint density at radius 2 is 1.88 bits per heavy atom. The predicted molar refractivity (Wildman–Crippen MR) is 96.8 cm³/mol. The van der Waals surface area contributed by atoms with E-state index in [0.29, 0.717) is 23.6 Å². The number of hydrogen-bond acceptors (Lipinski definition) is 5. The highest BCUT2D eigenvalue weighted by molar-refractivity contribution is 6.31. The molecule has 1 aliphatic carbocycles. The number of carbonyl (C=O) groups is 3. The quantitative estimate of drug-likeness (QED) is 0.652. The third-order valence-electron chi connectivity index (χ3n) is 4.38. The Bertz CT molecular complexity index is 686. The summed E-state index contributed by atoms with van der Waals surface area (Å²) >= 11 is 5.98. The first-order valence-corrected chi connectivity index (χ1v) is 8.91. The van der Waals surface area contributed by atoms with Crippen LogP contribution in [0.1, 0.15) is 37.7 Å². The number of hydrogen-bond donors (Lipinski definition) is 3. The van der Waals surface area contributed by atoms with E-state index in [1.807, 2.05) is 0 Å². The standard InChI is InChI=1S/C18H23ClN2O5/c1-12-13(19)6-5-7-14(12)21-15(22)10-20-16(23)11-26-17(24)18(25)8-3-2-4-9-18/h5-7,25H,2-4,8-11H2,1H3,(H,20,23)(H,21,22). The van der Waals surface area contributed by atoms with Crippen molar-refractivity contribution >= 4 is 35.1 Å². The fraction of sp³-hybridized carbons (Fsp3) is 0.500. The van der Waals surface area contributed by atoms with Gasteiger partial charge in [0.25, 0.3) is 5.91 Å². The molecular formula is C18H23ClN2O5. The first-order valence-electron chi connectivity index (χ1n) is 8.53. The summed E-state index contributed by atoms with van der Waals surface area (Å²) in [5.41, 5.74) is -0.216. The van der Waals surface area contributed by atoms with E-state index in [1.165, 1.54) is 0 Å². The molecule has 0 saturated heterocycles. The van der Waals surface area contributed by atoms with E-state index in [9.17, 15) is 19.5 Å². The van der Waals surface area contributed by atoms with Gasteiger partial charge >= 0.3 is 5.97 Å². The van der Waals surface area contributed by atoms with Crippen molar-refractivity contribution in [2.75, 3.05) is 18.5 Å². The minimum absolute atomic E-state index is 0.271. The molecule has 0 spiro atoms. The molecule has 0 bridgehead atoms. The number of carbonyl (C=O) groups excluding carboxylic acids is 3. The second-order valence-corrected chi connectivity index (χ2v) is 6.81. The lowest BCUT2D eigenvalue weighted by Crippen LogP contribution is -2.43. The maximum atomic E-state index is 11.9. The molecule has 8 heteroatoms. The van der Waals surface area contributed by atoms with Gasteiger partial charge < -0.3 is 20.5 Å². The smallest absolute Gasteiger partial charge is 0.338 e. The third-order valence-corrected chi connectivity index (χ3v) is 4.79. The monoisotopic (exact) mass is 382 g/mol. The molecule has 7 nitrogen and oxygen atoms in total. The van der Waals surface area contributed by atoms with Crippen LogP contribution in [0, 0.1) is 6.92 Å². The highest BCUT2D eigenvalue weighted by Crippen LogP contribution is 2.29. The molecule has 1 aromatic rings. The van der Waals surface area contributed by atoms with Crippen LogP contribution in [0.2, 0.25) is 5.02 Å². The van der Waals surface area contributed by atoms with E-state index in [2.05, 4.69) is 10.6 Å². The second-order valence-electron chi connectivity index (χ2n) is 6.41. The van der Waals surface area contributed by atoms with Gasteiger partial charge in [-0.05, 0) is 50.3 Å². The van der Waals surface area contributed by atoms with Crippen molar-refractivity contribution in [3.8, 4) is 0 Å². The molecule has 0 heterocycles. The van der Waals surface area contributed by atoms with Crippen molar-refractivity contribution in [1.29, 1.82) is 0 Å². The zero-order valence-electron chi connectivity index (χ0n) is 14.6. The first-order chi connectivity index (χ1) is 12.3. The molecule has 1 fully saturated rings. The molecule has 1 aliphatic rings. The van der Waals surface area contributed by atoms with Gasteiger partial charge in [0, 0.05) is 10.7 Å². The molecule has 142 valence electrons. The minimum Gasteiger partial charge on any atom is -0.453 e. The SMILES string of the molecule is Cc1c(Cl)cccc1NC(=O)CNC(=O)COC(=O)C1(O)CCCCC1. The van der Waals surface area contributed by atoms with Crippen LogP contribution in [0.3, 0.4) is 0 Å². The van der Waals surface area contributed by atoms with Crippen molar-refractivity contribution < 1.29 is 24.2 Å². The number of amides is 2. The van der Waals surface area contributed by atoms with Gasteiger partial charge in [-0.15, -0.1) is 0 Å². The summed E-state index contributed by atoms with van der Waals surface area (Å²) in [4.78, 5) is 35.6. The number of halogens is 1. The number of aliphatic hydroxyl groups is 1.